The van der Waals surface area contributed by atoms with E-state index in [1.54, 1.807) is 18.2 Å². The monoisotopic (exact) mass is 409 g/mol. The Morgan fingerprint density at radius 1 is 1.17 bits per heavy atom. The Bertz CT molecular complexity index is 1090. The second-order valence-corrected chi connectivity index (χ2v) is 8.36. The maximum atomic E-state index is 11.8. The summed E-state index contributed by atoms with van der Waals surface area (Å²) in [6, 6.07) is 10.1. The minimum absolute atomic E-state index is 0.00959. The molecule has 1 aromatic heterocycles. The molecular formula is C24H27NO5. The van der Waals surface area contributed by atoms with Gasteiger partial charge in [-0.05, 0) is 67.6 Å². The fourth-order valence-corrected chi connectivity index (χ4v) is 4.53. The molecule has 1 atom stereocenters. The van der Waals surface area contributed by atoms with Crippen molar-refractivity contribution >= 4 is 16.9 Å². The van der Waals surface area contributed by atoms with Crippen LogP contribution in [0.3, 0.4) is 0 Å². The van der Waals surface area contributed by atoms with E-state index in [-0.39, 0.29) is 11.4 Å². The van der Waals surface area contributed by atoms with Crippen molar-refractivity contribution in [3.63, 3.8) is 0 Å². The highest BCUT2D eigenvalue weighted by Gasteiger charge is 2.23. The van der Waals surface area contributed by atoms with Crippen LogP contribution in [0.1, 0.15) is 65.4 Å². The van der Waals surface area contributed by atoms with Crippen LogP contribution in [-0.2, 0) is 0 Å². The lowest BCUT2D eigenvalue weighted by Crippen LogP contribution is -2.13. The summed E-state index contributed by atoms with van der Waals surface area (Å²) in [5, 5.41) is 31.4. The minimum atomic E-state index is -1.09. The number of rotatable bonds is 6. The van der Waals surface area contributed by atoms with Gasteiger partial charge in [-0.1, -0.05) is 31.7 Å². The summed E-state index contributed by atoms with van der Waals surface area (Å²) in [6.45, 7) is 3.88. The van der Waals surface area contributed by atoms with Gasteiger partial charge in [0.05, 0.1) is 11.6 Å². The number of aromatic hydroxyl groups is 1. The number of carboxylic acids is 1. The first kappa shape index (κ1) is 20.3. The quantitative estimate of drug-likeness (QED) is 0.526. The highest BCUT2D eigenvalue weighted by Crippen LogP contribution is 2.37. The number of aromatic carboxylic acids is 1. The van der Waals surface area contributed by atoms with E-state index in [0.717, 1.165) is 29.4 Å². The number of aliphatic hydroxyl groups excluding tert-OH is 1. The third kappa shape index (κ3) is 3.87. The average molecular weight is 409 g/mol. The number of nitrogens with zero attached hydrogens (tertiary/aromatic N) is 1. The van der Waals surface area contributed by atoms with Crippen LogP contribution >= 0.6 is 0 Å². The van der Waals surface area contributed by atoms with Gasteiger partial charge < -0.3 is 20.2 Å². The molecule has 1 saturated carbocycles. The predicted octanol–water partition coefficient (Wildman–Crippen LogP) is 5.12. The lowest BCUT2D eigenvalue weighted by molar-refractivity contribution is 0.0658. The number of benzene rings is 2. The summed E-state index contributed by atoms with van der Waals surface area (Å²) in [5.41, 5.74) is 3.04. The number of phenols is 1. The number of hydrogen-bond donors (Lipinski definition) is 3. The normalized spacial score (nSPS) is 15.6. The highest BCUT2D eigenvalue weighted by atomic mass is 16.7. The van der Waals surface area contributed by atoms with E-state index in [2.05, 4.69) is 0 Å². The number of phenolic OH excluding ortho intramolecular Hbond substituents is 1. The van der Waals surface area contributed by atoms with Gasteiger partial charge in [-0.2, -0.15) is 4.73 Å². The molecule has 1 heterocycles. The highest BCUT2D eigenvalue weighted by molar-refractivity contribution is 5.95. The van der Waals surface area contributed by atoms with Gasteiger partial charge in [0.15, 0.2) is 11.4 Å². The topological polar surface area (TPSA) is 91.9 Å². The van der Waals surface area contributed by atoms with Gasteiger partial charge in [0.25, 0.3) is 0 Å². The molecule has 6 nitrogen and oxygen atoms in total. The van der Waals surface area contributed by atoms with E-state index in [4.69, 9.17) is 4.84 Å². The van der Waals surface area contributed by atoms with E-state index in [9.17, 15) is 20.1 Å². The number of aromatic nitrogens is 1. The molecule has 1 aliphatic rings. The number of fused-ring (bicyclic) bond motifs is 1. The molecule has 3 N–H and O–H groups in total. The first-order valence-corrected chi connectivity index (χ1v) is 10.4. The molecule has 0 aliphatic heterocycles. The van der Waals surface area contributed by atoms with Gasteiger partial charge in [0.2, 0.25) is 0 Å². The Morgan fingerprint density at radius 2 is 1.90 bits per heavy atom. The Balaban J connectivity index is 1.70. The number of carbonyl (C=O) groups is 1. The van der Waals surface area contributed by atoms with Crippen molar-refractivity contribution in [2.75, 3.05) is 0 Å². The molecular weight excluding hydrogens is 382 g/mol. The Kier molecular flexibility index (Phi) is 5.43. The van der Waals surface area contributed by atoms with Crippen molar-refractivity contribution in [3.05, 3.63) is 58.8 Å². The molecule has 2 aromatic carbocycles. The van der Waals surface area contributed by atoms with Crippen LogP contribution in [0.2, 0.25) is 0 Å². The lowest BCUT2D eigenvalue weighted by atomic mass is 9.95. The van der Waals surface area contributed by atoms with Gasteiger partial charge in [0, 0.05) is 10.9 Å². The van der Waals surface area contributed by atoms with Crippen LogP contribution in [0.25, 0.3) is 10.9 Å². The Morgan fingerprint density at radius 3 is 2.60 bits per heavy atom. The van der Waals surface area contributed by atoms with Crippen LogP contribution in [0.4, 0.5) is 0 Å². The predicted molar refractivity (Wildman–Crippen MR) is 114 cm³/mol. The van der Waals surface area contributed by atoms with Gasteiger partial charge in [0.1, 0.15) is 5.75 Å². The van der Waals surface area contributed by atoms with E-state index in [1.165, 1.54) is 23.6 Å². The minimum Gasteiger partial charge on any atom is -0.508 e. The molecule has 0 spiro atoms. The standard InChI is InChI=1S/C24H27NO5/c1-14-9-15(2)18-13-21(24(28)29)25(20(18)10-14)30-17-7-8-22(26)19(12-17)23(27)11-16-5-3-4-6-16/h7-10,12-13,16,23,26-27H,3-6,11H2,1-2H3,(H,28,29). The summed E-state index contributed by atoms with van der Waals surface area (Å²) in [4.78, 5) is 17.8. The van der Waals surface area contributed by atoms with Crippen molar-refractivity contribution in [1.82, 2.24) is 4.73 Å². The van der Waals surface area contributed by atoms with Crippen molar-refractivity contribution in [2.24, 2.45) is 5.92 Å². The number of carboxylic acid groups (broad SMARTS) is 1. The first-order chi connectivity index (χ1) is 14.3. The summed E-state index contributed by atoms with van der Waals surface area (Å²) in [7, 11) is 0. The molecule has 1 aliphatic carbocycles. The van der Waals surface area contributed by atoms with E-state index in [1.807, 2.05) is 26.0 Å². The largest absolute Gasteiger partial charge is 0.508 e. The van der Waals surface area contributed by atoms with Crippen LogP contribution in [0.5, 0.6) is 11.5 Å². The summed E-state index contributed by atoms with van der Waals surface area (Å²) >= 11 is 0. The molecule has 0 bridgehead atoms. The second kappa shape index (κ2) is 8.03. The third-order valence-corrected chi connectivity index (χ3v) is 6.03. The number of hydrogen-bond acceptors (Lipinski definition) is 4. The number of aryl methyl sites for hydroxylation is 2. The van der Waals surface area contributed by atoms with E-state index in [0.29, 0.717) is 29.2 Å². The molecule has 4 rings (SSSR count). The van der Waals surface area contributed by atoms with Crippen molar-refractivity contribution < 1.29 is 25.0 Å². The summed E-state index contributed by atoms with van der Waals surface area (Å²) in [6.07, 6.45) is 4.38. The fourth-order valence-electron chi connectivity index (χ4n) is 4.53. The summed E-state index contributed by atoms with van der Waals surface area (Å²) < 4.78 is 1.30. The molecule has 1 unspecified atom stereocenters. The van der Waals surface area contributed by atoms with Crippen LogP contribution < -0.4 is 4.84 Å². The molecule has 0 amide bonds. The second-order valence-electron chi connectivity index (χ2n) is 8.36. The molecule has 1 fully saturated rings. The first-order valence-electron chi connectivity index (χ1n) is 10.4. The van der Waals surface area contributed by atoms with Crippen LogP contribution in [0, 0.1) is 19.8 Å². The third-order valence-electron chi connectivity index (χ3n) is 6.03. The maximum Gasteiger partial charge on any atom is 0.356 e. The van der Waals surface area contributed by atoms with Crippen molar-refractivity contribution in [3.8, 4) is 11.5 Å². The maximum absolute atomic E-state index is 11.8. The smallest absolute Gasteiger partial charge is 0.356 e. The fraction of sp³-hybridized carbons (Fsp3) is 0.375. The number of aliphatic hydroxyl groups is 1. The summed E-state index contributed by atoms with van der Waals surface area (Å²) in [5.74, 6) is -0.270. The molecule has 3 aromatic rings. The molecule has 158 valence electrons. The zero-order chi connectivity index (χ0) is 21.4. The SMILES string of the molecule is Cc1cc(C)c2cc(C(=O)O)n(Oc3ccc(O)c(C(O)CC4CCCC4)c3)c2c1. The molecule has 30 heavy (non-hydrogen) atoms. The van der Waals surface area contributed by atoms with Gasteiger partial charge in [-0.15, -0.1) is 0 Å². The van der Waals surface area contributed by atoms with Crippen molar-refractivity contribution in [1.29, 1.82) is 0 Å². The van der Waals surface area contributed by atoms with Gasteiger partial charge >= 0.3 is 5.97 Å². The lowest BCUT2D eigenvalue weighted by Gasteiger charge is -2.18. The average Bonchev–Trinajstić information content (AvgIpc) is 3.31. The van der Waals surface area contributed by atoms with E-state index < -0.39 is 12.1 Å². The Labute approximate surface area is 175 Å². The molecule has 0 radical (unpaired) electrons. The Hall–Kier alpha value is -2.99. The van der Waals surface area contributed by atoms with E-state index >= 15 is 0 Å². The van der Waals surface area contributed by atoms with Crippen molar-refractivity contribution in [2.45, 2.75) is 52.1 Å². The van der Waals surface area contributed by atoms with Crippen LogP contribution in [-0.4, -0.2) is 26.0 Å². The van der Waals surface area contributed by atoms with Crippen LogP contribution in [0.15, 0.2) is 36.4 Å². The van der Waals surface area contributed by atoms with Gasteiger partial charge in [-0.3, -0.25) is 0 Å². The molecule has 0 saturated heterocycles. The van der Waals surface area contributed by atoms with Gasteiger partial charge in [-0.25, -0.2) is 4.79 Å². The zero-order valence-electron chi connectivity index (χ0n) is 17.3. The zero-order valence-corrected chi connectivity index (χ0v) is 17.3. The molecule has 6 heteroatoms.